The van der Waals surface area contributed by atoms with Crippen molar-refractivity contribution in [3.05, 3.63) is 102 Å². The van der Waals surface area contributed by atoms with Gasteiger partial charge in [0.05, 0.1) is 17.1 Å². The van der Waals surface area contributed by atoms with Crippen molar-refractivity contribution in [2.45, 2.75) is 25.3 Å². The van der Waals surface area contributed by atoms with Crippen molar-refractivity contribution >= 4 is 34.6 Å². The van der Waals surface area contributed by atoms with Gasteiger partial charge in [0.2, 0.25) is 11.8 Å². The second kappa shape index (κ2) is 9.75. The topological polar surface area (TPSA) is 78.1 Å². The van der Waals surface area contributed by atoms with E-state index in [1.54, 1.807) is 6.08 Å². The number of rotatable bonds is 7. The fraction of sp³-hybridized carbons (Fsp3) is 0.179. The van der Waals surface area contributed by atoms with Crippen LogP contribution in [0.15, 0.2) is 84.9 Å². The number of nitrogens with zero attached hydrogens (tertiary/aromatic N) is 2. The number of para-hydroxylation sites is 2. The molecule has 1 saturated heterocycles. The Hall–Kier alpha value is -4.19. The number of fused-ring (bicyclic) bond motifs is 1. The molecule has 1 fully saturated rings. The number of carbonyl (C=O) groups is 2. The Morgan fingerprint density at radius 2 is 1.79 bits per heavy atom. The first-order valence-electron chi connectivity index (χ1n) is 11.5. The molecule has 6 nitrogen and oxygen atoms in total. The first-order chi connectivity index (χ1) is 16.7. The third kappa shape index (κ3) is 4.91. The van der Waals surface area contributed by atoms with Crippen LogP contribution in [0.5, 0.6) is 0 Å². The zero-order chi connectivity index (χ0) is 23.3. The van der Waals surface area contributed by atoms with Gasteiger partial charge in [0.1, 0.15) is 5.82 Å². The van der Waals surface area contributed by atoms with E-state index in [4.69, 9.17) is 4.98 Å². The van der Waals surface area contributed by atoms with Gasteiger partial charge in [-0.05, 0) is 54.3 Å². The van der Waals surface area contributed by atoms with Crippen LogP contribution in [0.25, 0.3) is 17.1 Å². The van der Waals surface area contributed by atoms with Crippen molar-refractivity contribution in [1.29, 1.82) is 0 Å². The number of hydrogen-bond acceptors (Lipinski definition) is 3. The number of imidazole rings is 1. The van der Waals surface area contributed by atoms with E-state index < -0.39 is 0 Å². The summed E-state index contributed by atoms with van der Waals surface area (Å²) in [6.45, 7) is 0.765. The summed E-state index contributed by atoms with van der Waals surface area (Å²) in [4.78, 5) is 34.6. The number of nitrogens with one attached hydrogen (secondary N) is 2. The lowest BCUT2D eigenvalue weighted by molar-refractivity contribution is -0.117. The second-order valence-corrected chi connectivity index (χ2v) is 8.46. The summed E-state index contributed by atoms with van der Waals surface area (Å²) in [6, 6.07) is 25.3. The van der Waals surface area contributed by atoms with Crippen LogP contribution in [0.1, 0.15) is 35.8 Å². The molecule has 0 aliphatic carbocycles. The predicted molar refractivity (Wildman–Crippen MR) is 134 cm³/mol. The fourth-order valence-corrected chi connectivity index (χ4v) is 4.28. The lowest BCUT2D eigenvalue weighted by atomic mass is 10.1. The van der Waals surface area contributed by atoms with Crippen molar-refractivity contribution < 1.29 is 9.59 Å². The van der Waals surface area contributed by atoms with E-state index in [2.05, 4.69) is 10.3 Å². The lowest BCUT2D eigenvalue weighted by Crippen LogP contribution is -2.29. The summed E-state index contributed by atoms with van der Waals surface area (Å²) >= 11 is 0. The molecule has 34 heavy (non-hydrogen) atoms. The molecule has 1 aromatic heterocycles. The monoisotopic (exact) mass is 450 g/mol. The molecule has 0 radical (unpaired) electrons. The Kier molecular flexibility index (Phi) is 6.21. The molecule has 0 saturated carbocycles. The quantitative estimate of drug-likeness (QED) is 0.397. The molecular weight excluding hydrogens is 424 g/mol. The minimum atomic E-state index is -0.296. The van der Waals surface area contributed by atoms with Gasteiger partial charge in [-0.2, -0.15) is 0 Å². The molecule has 0 bridgehead atoms. The van der Waals surface area contributed by atoms with E-state index in [0.717, 1.165) is 46.6 Å². The average Bonchev–Trinajstić information content (AvgIpc) is 3.49. The average molecular weight is 451 g/mol. The van der Waals surface area contributed by atoms with Gasteiger partial charge in [-0.15, -0.1) is 0 Å². The number of aromatic nitrogens is 2. The molecule has 1 atom stereocenters. The van der Waals surface area contributed by atoms with Gasteiger partial charge in [0.15, 0.2) is 0 Å². The van der Waals surface area contributed by atoms with Crippen molar-refractivity contribution in [1.82, 2.24) is 15.3 Å². The Morgan fingerprint density at radius 1 is 1.03 bits per heavy atom. The highest BCUT2D eigenvalue weighted by Gasteiger charge is 2.21. The highest BCUT2D eigenvalue weighted by atomic mass is 16.2. The Morgan fingerprint density at radius 3 is 2.53 bits per heavy atom. The molecule has 0 spiro atoms. The summed E-state index contributed by atoms with van der Waals surface area (Å²) < 4.78 is 0. The number of anilines is 1. The molecule has 170 valence electrons. The lowest BCUT2D eigenvalue weighted by Gasteiger charge is -2.16. The standard InChI is InChI=1S/C28H26N4O2/c33-26(17-14-20-12-15-22(16-13-20)32-18-6-11-27(32)34)29-25(19-21-7-2-1-3-8-21)28-30-23-9-4-5-10-24(23)31-28/h1-5,7-10,12-17,25H,6,11,18-19H2,(H,29,33)(H,30,31)/b17-14+. The maximum atomic E-state index is 12.8. The van der Waals surface area contributed by atoms with Gasteiger partial charge in [0, 0.05) is 24.7 Å². The van der Waals surface area contributed by atoms with E-state index in [9.17, 15) is 9.59 Å². The molecule has 1 aliphatic heterocycles. The van der Waals surface area contributed by atoms with Gasteiger partial charge in [-0.1, -0.05) is 54.6 Å². The molecule has 2 N–H and O–H groups in total. The molecule has 2 heterocycles. The van der Waals surface area contributed by atoms with E-state index in [-0.39, 0.29) is 17.9 Å². The predicted octanol–water partition coefficient (Wildman–Crippen LogP) is 4.80. The van der Waals surface area contributed by atoms with E-state index in [0.29, 0.717) is 12.8 Å². The molecule has 1 aliphatic rings. The zero-order valence-electron chi connectivity index (χ0n) is 18.8. The SMILES string of the molecule is O=C(/C=C/c1ccc(N2CCCC2=O)cc1)NC(Cc1ccccc1)c1nc2ccccc2[nH]1. The molecular formula is C28H26N4O2. The number of hydrogen-bond donors (Lipinski definition) is 2. The Labute approximate surface area is 198 Å². The van der Waals surface area contributed by atoms with Crippen LogP contribution < -0.4 is 10.2 Å². The highest BCUT2D eigenvalue weighted by Crippen LogP contribution is 2.22. The van der Waals surface area contributed by atoms with Gasteiger partial charge in [-0.25, -0.2) is 4.98 Å². The number of benzene rings is 3. The van der Waals surface area contributed by atoms with Crippen molar-refractivity contribution in [3.63, 3.8) is 0 Å². The van der Waals surface area contributed by atoms with Gasteiger partial charge < -0.3 is 15.2 Å². The highest BCUT2D eigenvalue weighted by molar-refractivity contribution is 5.95. The van der Waals surface area contributed by atoms with Crippen LogP contribution >= 0.6 is 0 Å². The van der Waals surface area contributed by atoms with Crippen LogP contribution in [-0.4, -0.2) is 28.3 Å². The second-order valence-electron chi connectivity index (χ2n) is 8.46. The zero-order valence-corrected chi connectivity index (χ0v) is 18.8. The van der Waals surface area contributed by atoms with Gasteiger partial charge in [-0.3, -0.25) is 9.59 Å². The van der Waals surface area contributed by atoms with Crippen molar-refractivity contribution in [2.24, 2.45) is 0 Å². The van der Waals surface area contributed by atoms with Crippen LogP contribution in [0, 0.1) is 0 Å². The van der Waals surface area contributed by atoms with Crippen LogP contribution in [0.2, 0.25) is 0 Å². The summed E-state index contributed by atoms with van der Waals surface area (Å²) in [5.74, 6) is 0.698. The van der Waals surface area contributed by atoms with E-state index in [1.165, 1.54) is 6.08 Å². The third-order valence-electron chi connectivity index (χ3n) is 6.04. The molecule has 3 aromatic carbocycles. The minimum absolute atomic E-state index is 0.165. The molecule has 6 heteroatoms. The Balaban J connectivity index is 1.31. The number of aromatic amines is 1. The Bertz CT molecular complexity index is 1290. The number of H-pyrrole nitrogens is 1. The van der Waals surface area contributed by atoms with Crippen LogP contribution in [0.4, 0.5) is 5.69 Å². The summed E-state index contributed by atoms with van der Waals surface area (Å²) in [6.07, 6.45) is 5.45. The molecule has 4 aromatic rings. The van der Waals surface area contributed by atoms with Crippen LogP contribution in [0.3, 0.4) is 0 Å². The van der Waals surface area contributed by atoms with Crippen LogP contribution in [-0.2, 0) is 16.0 Å². The maximum absolute atomic E-state index is 12.8. The first kappa shape index (κ1) is 21.6. The third-order valence-corrected chi connectivity index (χ3v) is 6.04. The van der Waals surface area contributed by atoms with E-state index in [1.807, 2.05) is 83.8 Å². The molecule has 5 rings (SSSR count). The maximum Gasteiger partial charge on any atom is 0.244 e. The fourth-order valence-electron chi connectivity index (χ4n) is 4.28. The number of carbonyl (C=O) groups excluding carboxylic acids is 2. The van der Waals surface area contributed by atoms with Gasteiger partial charge in [0.25, 0.3) is 0 Å². The minimum Gasteiger partial charge on any atom is -0.342 e. The number of amides is 2. The van der Waals surface area contributed by atoms with Crippen molar-refractivity contribution in [2.75, 3.05) is 11.4 Å². The summed E-state index contributed by atoms with van der Waals surface area (Å²) in [5, 5.41) is 3.10. The summed E-state index contributed by atoms with van der Waals surface area (Å²) in [5.41, 5.74) is 4.73. The largest absolute Gasteiger partial charge is 0.342 e. The smallest absolute Gasteiger partial charge is 0.244 e. The normalized spacial score (nSPS) is 14.7. The first-order valence-corrected chi connectivity index (χ1v) is 11.5. The van der Waals surface area contributed by atoms with Crippen molar-refractivity contribution in [3.8, 4) is 0 Å². The molecule has 1 unspecified atom stereocenters. The van der Waals surface area contributed by atoms with Gasteiger partial charge >= 0.3 is 0 Å². The van der Waals surface area contributed by atoms with E-state index >= 15 is 0 Å². The molecule has 2 amide bonds. The summed E-state index contributed by atoms with van der Waals surface area (Å²) in [7, 11) is 0.